The maximum absolute atomic E-state index is 13.6. The second-order valence-electron chi connectivity index (χ2n) is 4.46. The Labute approximate surface area is 135 Å². The van der Waals surface area contributed by atoms with Crippen LogP contribution in [-0.4, -0.2) is 7.11 Å². The molecule has 0 aromatic heterocycles. The van der Waals surface area contributed by atoms with Crippen molar-refractivity contribution in [2.24, 2.45) is 5.73 Å². The third-order valence-corrected chi connectivity index (χ3v) is 3.81. The van der Waals surface area contributed by atoms with E-state index in [0.29, 0.717) is 27.3 Å². The second-order valence-corrected chi connectivity index (χ2v) is 5.72. The van der Waals surface area contributed by atoms with E-state index in [9.17, 15) is 4.39 Å². The fraction of sp³-hybridized carbons (Fsp3) is 0.200. The maximum Gasteiger partial charge on any atom is 0.145 e. The van der Waals surface area contributed by atoms with Gasteiger partial charge in [0.2, 0.25) is 0 Å². The van der Waals surface area contributed by atoms with Crippen molar-refractivity contribution in [3.05, 3.63) is 51.2 Å². The van der Waals surface area contributed by atoms with E-state index < -0.39 is 5.82 Å². The normalized spacial score (nSPS) is 12.1. The highest BCUT2D eigenvalue weighted by molar-refractivity contribution is 9.10. The third kappa shape index (κ3) is 3.48. The molecular formula is C15H14BrClFNO2. The molecule has 2 aromatic rings. The topological polar surface area (TPSA) is 44.5 Å². The number of nitrogens with two attached hydrogens (primary N) is 1. The van der Waals surface area contributed by atoms with E-state index in [1.807, 2.05) is 6.92 Å². The molecule has 0 aliphatic carbocycles. The highest BCUT2D eigenvalue weighted by atomic mass is 79.9. The minimum atomic E-state index is -0.555. The van der Waals surface area contributed by atoms with Gasteiger partial charge in [-0.25, -0.2) is 4.39 Å². The monoisotopic (exact) mass is 373 g/mol. The van der Waals surface area contributed by atoms with Gasteiger partial charge in [-0.3, -0.25) is 0 Å². The zero-order valence-electron chi connectivity index (χ0n) is 11.5. The summed E-state index contributed by atoms with van der Waals surface area (Å²) < 4.78 is 25.2. The molecular weight excluding hydrogens is 361 g/mol. The van der Waals surface area contributed by atoms with Crippen molar-refractivity contribution in [1.82, 2.24) is 0 Å². The molecule has 112 valence electrons. The number of rotatable bonds is 4. The zero-order chi connectivity index (χ0) is 15.6. The molecule has 0 aliphatic heterocycles. The van der Waals surface area contributed by atoms with Crippen LogP contribution < -0.4 is 15.2 Å². The molecule has 0 aliphatic rings. The van der Waals surface area contributed by atoms with Crippen molar-refractivity contribution < 1.29 is 13.9 Å². The van der Waals surface area contributed by atoms with Gasteiger partial charge in [0.1, 0.15) is 23.1 Å². The Hall–Kier alpha value is -1.30. The van der Waals surface area contributed by atoms with Gasteiger partial charge < -0.3 is 15.2 Å². The lowest BCUT2D eigenvalue weighted by molar-refractivity contribution is 0.397. The average molecular weight is 375 g/mol. The Balaban J connectivity index is 2.47. The fourth-order valence-electron chi connectivity index (χ4n) is 1.94. The van der Waals surface area contributed by atoms with Crippen molar-refractivity contribution in [2.45, 2.75) is 13.0 Å². The van der Waals surface area contributed by atoms with Crippen LogP contribution in [0.4, 0.5) is 4.39 Å². The third-order valence-electron chi connectivity index (χ3n) is 2.90. The van der Waals surface area contributed by atoms with E-state index in [-0.39, 0.29) is 11.1 Å². The van der Waals surface area contributed by atoms with Gasteiger partial charge in [0.05, 0.1) is 22.2 Å². The Morgan fingerprint density at radius 3 is 2.52 bits per heavy atom. The molecule has 21 heavy (non-hydrogen) atoms. The quantitative estimate of drug-likeness (QED) is 0.761. The van der Waals surface area contributed by atoms with Gasteiger partial charge in [0, 0.05) is 12.1 Å². The average Bonchev–Trinajstić information content (AvgIpc) is 2.44. The van der Waals surface area contributed by atoms with Crippen molar-refractivity contribution in [3.63, 3.8) is 0 Å². The first kappa shape index (κ1) is 16.1. The number of methoxy groups -OCH3 is 1. The molecule has 3 nitrogen and oxygen atoms in total. The molecule has 0 saturated heterocycles. The summed E-state index contributed by atoms with van der Waals surface area (Å²) in [6.07, 6.45) is 0. The van der Waals surface area contributed by atoms with E-state index in [1.165, 1.54) is 12.1 Å². The minimum Gasteiger partial charge on any atom is -0.496 e. The van der Waals surface area contributed by atoms with E-state index in [4.69, 9.17) is 26.8 Å². The highest BCUT2D eigenvalue weighted by Crippen LogP contribution is 2.39. The molecule has 0 fully saturated rings. The van der Waals surface area contributed by atoms with Crippen LogP contribution in [0.5, 0.6) is 17.2 Å². The Kier molecular flexibility index (Phi) is 5.08. The number of benzene rings is 2. The standard InChI is InChI=1S/C15H14BrClFNO2/c1-8(19)15-12(20-2)4-3-5-13(15)21-14-7-11(18)10(17)6-9(14)16/h3-8H,19H2,1-2H3. The smallest absolute Gasteiger partial charge is 0.145 e. The van der Waals surface area contributed by atoms with Crippen LogP contribution in [-0.2, 0) is 0 Å². The minimum absolute atomic E-state index is 0.0206. The van der Waals surface area contributed by atoms with Gasteiger partial charge in [-0.15, -0.1) is 0 Å². The van der Waals surface area contributed by atoms with E-state index in [2.05, 4.69) is 15.9 Å². The molecule has 1 atom stereocenters. The van der Waals surface area contributed by atoms with E-state index in [1.54, 1.807) is 25.3 Å². The number of ether oxygens (including phenoxy) is 2. The van der Waals surface area contributed by atoms with Crippen molar-refractivity contribution in [2.75, 3.05) is 7.11 Å². The predicted octanol–water partition coefficient (Wildman–Crippen LogP) is 5.06. The van der Waals surface area contributed by atoms with Crippen molar-refractivity contribution in [3.8, 4) is 17.2 Å². The summed E-state index contributed by atoms with van der Waals surface area (Å²) in [4.78, 5) is 0. The number of hydrogen-bond acceptors (Lipinski definition) is 3. The van der Waals surface area contributed by atoms with Gasteiger partial charge >= 0.3 is 0 Å². The van der Waals surface area contributed by atoms with Gasteiger partial charge in [-0.1, -0.05) is 17.7 Å². The second kappa shape index (κ2) is 6.64. The molecule has 0 radical (unpaired) electrons. The SMILES string of the molecule is COc1cccc(Oc2cc(F)c(Cl)cc2Br)c1C(C)N. The lowest BCUT2D eigenvalue weighted by atomic mass is 10.1. The van der Waals surface area contributed by atoms with E-state index in [0.717, 1.165) is 0 Å². The predicted molar refractivity (Wildman–Crippen MR) is 84.8 cm³/mol. The Morgan fingerprint density at radius 1 is 1.24 bits per heavy atom. The van der Waals surface area contributed by atoms with Crippen LogP contribution in [0.15, 0.2) is 34.8 Å². The number of halogens is 3. The molecule has 0 heterocycles. The van der Waals surface area contributed by atoms with Crippen LogP contribution in [0.2, 0.25) is 5.02 Å². The van der Waals surface area contributed by atoms with E-state index >= 15 is 0 Å². The first-order valence-corrected chi connectivity index (χ1v) is 7.36. The van der Waals surface area contributed by atoms with Crippen LogP contribution in [0.1, 0.15) is 18.5 Å². The van der Waals surface area contributed by atoms with Crippen molar-refractivity contribution >= 4 is 27.5 Å². The van der Waals surface area contributed by atoms with Crippen LogP contribution >= 0.6 is 27.5 Å². The van der Waals surface area contributed by atoms with Gasteiger partial charge in [-0.05, 0) is 41.1 Å². The molecule has 2 rings (SSSR count). The largest absolute Gasteiger partial charge is 0.496 e. The van der Waals surface area contributed by atoms with Crippen LogP contribution in [0, 0.1) is 5.82 Å². The van der Waals surface area contributed by atoms with Gasteiger partial charge in [0.15, 0.2) is 0 Å². The lowest BCUT2D eigenvalue weighted by Gasteiger charge is -2.17. The summed E-state index contributed by atoms with van der Waals surface area (Å²) in [6.45, 7) is 1.82. The number of hydrogen-bond donors (Lipinski definition) is 1. The molecule has 6 heteroatoms. The molecule has 0 amide bonds. The zero-order valence-corrected chi connectivity index (χ0v) is 13.8. The Bertz CT molecular complexity index is 664. The summed E-state index contributed by atoms with van der Waals surface area (Å²) in [7, 11) is 1.56. The summed E-state index contributed by atoms with van der Waals surface area (Å²) in [6, 6.07) is 7.69. The first-order chi connectivity index (χ1) is 9.93. The molecule has 1 unspecified atom stereocenters. The molecule has 0 spiro atoms. The lowest BCUT2D eigenvalue weighted by Crippen LogP contribution is -2.08. The highest BCUT2D eigenvalue weighted by Gasteiger charge is 2.17. The van der Waals surface area contributed by atoms with Crippen molar-refractivity contribution in [1.29, 1.82) is 0 Å². The summed E-state index contributed by atoms with van der Waals surface area (Å²) in [5.41, 5.74) is 6.68. The molecule has 2 aromatic carbocycles. The molecule has 0 saturated carbocycles. The van der Waals surface area contributed by atoms with Gasteiger partial charge in [0.25, 0.3) is 0 Å². The fourth-order valence-corrected chi connectivity index (χ4v) is 2.66. The van der Waals surface area contributed by atoms with Crippen LogP contribution in [0.25, 0.3) is 0 Å². The maximum atomic E-state index is 13.6. The molecule has 2 N–H and O–H groups in total. The van der Waals surface area contributed by atoms with Crippen LogP contribution in [0.3, 0.4) is 0 Å². The Morgan fingerprint density at radius 2 is 1.90 bits per heavy atom. The van der Waals surface area contributed by atoms with Gasteiger partial charge in [-0.2, -0.15) is 0 Å². The summed E-state index contributed by atoms with van der Waals surface area (Å²) in [5.74, 6) is 0.881. The summed E-state index contributed by atoms with van der Waals surface area (Å²) in [5, 5.41) is 0.0206. The first-order valence-electron chi connectivity index (χ1n) is 6.19. The summed E-state index contributed by atoms with van der Waals surface area (Å²) >= 11 is 9.02. The molecule has 0 bridgehead atoms.